The normalized spacial score (nSPS) is 10.6. The lowest BCUT2D eigenvalue weighted by molar-refractivity contribution is 0.0690. The van der Waals surface area contributed by atoms with E-state index in [1.807, 2.05) is 19.9 Å². The zero-order chi connectivity index (χ0) is 16.8. The number of hydrogen-bond acceptors (Lipinski definition) is 5. The summed E-state index contributed by atoms with van der Waals surface area (Å²) in [7, 11) is 0. The molecular formula is C16H18N2O4S. The second-order valence-electron chi connectivity index (χ2n) is 5.10. The first kappa shape index (κ1) is 17.0. The van der Waals surface area contributed by atoms with E-state index >= 15 is 0 Å². The molecule has 0 aliphatic rings. The molecule has 1 amide bonds. The summed E-state index contributed by atoms with van der Waals surface area (Å²) in [4.78, 5) is 27.0. The van der Waals surface area contributed by atoms with Crippen LogP contribution >= 0.6 is 11.3 Å². The van der Waals surface area contributed by atoms with Crippen LogP contribution in [0.5, 0.6) is 5.75 Å². The predicted molar refractivity (Wildman–Crippen MR) is 87.3 cm³/mol. The highest BCUT2D eigenvalue weighted by Crippen LogP contribution is 2.19. The van der Waals surface area contributed by atoms with Crippen LogP contribution in [0, 0.1) is 0 Å². The molecule has 0 aliphatic heterocycles. The summed E-state index contributed by atoms with van der Waals surface area (Å²) < 4.78 is 5.62. The van der Waals surface area contributed by atoms with Crippen molar-refractivity contribution in [2.75, 3.05) is 6.54 Å². The Morgan fingerprint density at radius 2 is 2.09 bits per heavy atom. The smallest absolute Gasteiger partial charge is 0.355 e. The van der Waals surface area contributed by atoms with E-state index in [2.05, 4.69) is 10.3 Å². The Hall–Kier alpha value is -2.41. The Labute approximate surface area is 138 Å². The molecule has 2 aromatic rings. The van der Waals surface area contributed by atoms with Crippen molar-refractivity contribution in [3.8, 4) is 5.75 Å². The molecule has 0 fully saturated rings. The van der Waals surface area contributed by atoms with E-state index in [0.717, 1.165) is 0 Å². The fourth-order valence-corrected chi connectivity index (χ4v) is 2.69. The van der Waals surface area contributed by atoms with E-state index < -0.39 is 5.97 Å². The van der Waals surface area contributed by atoms with Gasteiger partial charge in [-0.3, -0.25) is 4.79 Å². The van der Waals surface area contributed by atoms with E-state index in [9.17, 15) is 9.59 Å². The molecule has 2 rings (SSSR count). The molecule has 0 unspecified atom stereocenters. The van der Waals surface area contributed by atoms with Gasteiger partial charge in [0.15, 0.2) is 5.69 Å². The van der Waals surface area contributed by atoms with Gasteiger partial charge in [-0.1, -0.05) is 12.1 Å². The van der Waals surface area contributed by atoms with E-state index in [1.165, 1.54) is 16.7 Å². The van der Waals surface area contributed by atoms with Crippen LogP contribution in [0.2, 0.25) is 0 Å². The Morgan fingerprint density at radius 1 is 1.35 bits per heavy atom. The number of carboxylic acids is 1. The maximum atomic E-state index is 12.2. The Balaban J connectivity index is 1.93. The first-order valence-electron chi connectivity index (χ1n) is 7.19. The highest BCUT2D eigenvalue weighted by Gasteiger charge is 2.13. The molecule has 122 valence electrons. The van der Waals surface area contributed by atoms with Crippen LogP contribution in [0.1, 0.15) is 39.7 Å². The van der Waals surface area contributed by atoms with Gasteiger partial charge in [-0.15, -0.1) is 11.3 Å². The van der Waals surface area contributed by atoms with Crippen LogP contribution in [0.3, 0.4) is 0 Å². The van der Waals surface area contributed by atoms with Gasteiger partial charge in [-0.05, 0) is 26.0 Å². The summed E-state index contributed by atoms with van der Waals surface area (Å²) in [5, 5.41) is 13.8. The zero-order valence-electron chi connectivity index (χ0n) is 12.9. The summed E-state index contributed by atoms with van der Waals surface area (Å²) in [5.41, 5.74) is 0.513. The maximum Gasteiger partial charge on any atom is 0.355 e. The maximum absolute atomic E-state index is 12.2. The Kier molecular flexibility index (Phi) is 5.70. The number of carboxylic acid groups (broad SMARTS) is 1. The molecule has 23 heavy (non-hydrogen) atoms. The van der Waals surface area contributed by atoms with E-state index in [-0.39, 0.29) is 17.7 Å². The second kappa shape index (κ2) is 7.73. The number of aromatic nitrogens is 1. The van der Waals surface area contributed by atoms with E-state index in [1.54, 1.807) is 18.2 Å². The van der Waals surface area contributed by atoms with Crippen molar-refractivity contribution in [1.82, 2.24) is 10.3 Å². The van der Waals surface area contributed by atoms with Crippen LogP contribution in [0.4, 0.5) is 0 Å². The van der Waals surface area contributed by atoms with Gasteiger partial charge in [0.05, 0.1) is 16.7 Å². The molecule has 1 aromatic heterocycles. The average Bonchev–Trinajstić information content (AvgIpc) is 2.96. The number of benzene rings is 1. The molecule has 7 heteroatoms. The second-order valence-corrected chi connectivity index (χ2v) is 6.04. The highest BCUT2D eigenvalue weighted by molar-refractivity contribution is 7.09. The number of nitrogens with zero attached hydrogens (tertiary/aromatic N) is 1. The number of hydrogen-bond donors (Lipinski definition) is 2. The van der Waals surface area contributed by atoms with Crippen molar-refractivity contribution in [2.45, 2.75) is 26.4 Å². The van der Waals surface area contributed by atoms with Crippen LogP contribution in [-0.4, -0.2) is 34.6 Å². The number of para-hydroxylation sites is 1. The van der Waals surface area contributed by atoms with Crippen molar-refractivity contribution in [3.63, 3.8) is 0 Å². The fourth-order valence-electron chi connectivity index (χ4n) is 1.91. The summed E-state index contributed by atoms with van der Waals surface area (Å²) in [5.74, 6) is -0.727. The molecule has 1 aromatic carbocycles. The molecule has 0 atom stereocenters. The number of rotatable bonds is 7. The lowest BCUT2D eigenvalue weighted by atomic mass is 10.2. The summed E-state index contributed by atoms with van der Waals surface area (Å²) in [6.45, 7) is 4.18. The van der Waals surface area contributed by atoms with Crippen molar-refractivity contribution >= 4 is 23.2 Å². The molecule has 6 nitrogen and oxygen atoms in total. The summed E-state index contributed by atoms with van der Waals surface area (Å²) >= 11 is 1.27. The molecule has 0 radical (unpaired) electrons. The summed E-state index contributed by atoms with van der Waals surface area (Å²) in [6.07, 6.45) is 0.463. The van der Waals surface area contributed by atoms with Crippen molar-refractivity contribution in [1.29, 1.82) is 0 Å². The molecule has 0 aliphatic carbocycles. The number of carbonyl (C=O) groups excluding carboxylic acids is 1. The third kappa shape index (κ3) is 4.79. The highest BCUT2D eigenvalue weighted by atomic mass is 32.1. The van der Waals surface area contributed by atoms with Gasteiger partial charge in [-0.25, -0.2) is 9.78 Å². The minimum absolute atomic E-state index is 0.0197. The first-order valence-corrected chi connectivity index (χ1v) is 8.07. The number of thiazole rings is 1. The lowest BCUT2D eigenvalue weighted by Gasteiger charge is -2.13. The molecule has 2 N–H and O–H groups in total. The average molecular weight is 334 g/mol. The van der Waals surface area contributed by atoms with Crippen LogP contribution < -0.4 is 10.1 Å². The Bertz CT molecular complexity index is 697. The third-order valence-electron chi connectivity index (χ3n) is 2.89. The molecule has 0 spiro atoms. The van der Waals surface area contributed by atoms with Gasteiger partial charge in [0.2, 0.25) is 0 Å². The van der Waals surface area contributed by atoms with Crippen molar-refractivity contribution in [3.05, 3.63) is 45.9 Å². The molecule has 0 bridgehead atoms. The number of ether oxygens (including phenoxy) is 1. The van der Waals surface area contributed by atoms with Gasteiger partial charge in [-0.2, -0.15) is 0 Å². The molecule has 0 saturated heterocycles. The predicted octanol–water partition coefficient (Wildman–Crippen LogP) is 2.60. The minimum atomic E-state index is -1.05. The topological polar surface area (TPSA) is 88.5 Å². The number of aromatic carboxylic acids is 1. The van der Waals surface area contributed by atoms with E-state index in [0.29, 0.717) is 29.3 Å². The van der Waals surface area contributed by atoms with Gasteiger partial charge < -0.3 is 15.2 Å². The van der Waals surface area contributed by atoms with Crippen LogP contribution in [-0.2, 0) is 6.42 Å². The largest absolute Gasteiger partial charge is 0.490 e. The summed E-state index contributed by atoms with van der Waals surface area (Å²) in [6, 6.07) is 7.06. The monoisotopic (exact) mass is 334 g/mol. The molecular weight excluding hydrogens is 316 g/mol. The van der Waals surface area contributed by atoms with Crippen molar-refractivity contribution < 1.29 is 19.4 Å². The third-order valence-corrected chi connectivity index (χ3v) is 3.80. The minimum Gasteiger partial charge on any atom is -0.490 e. The Morgan fingerprint density at radius 3 is 2.74 bits per heavy atom. The quantitative estimate of drug-likeness (QED) is 0.812. The van der Waals surface area contributed by atoms with Crippen molar-refractivity contribution in [2.24, 2.45) is 0 Å². The van der Waals surface area contributed by atoms with Crippen LogP contribution in [0.25, 0.3) is 0 Å². The standard InChI is InChI=1S/C16H18N2O4S/c1-10(2)22-13-6-4-3-5-11(13)15(19)17-8-7-14-18-12(9-23-14)16(20)21/h3-6,9-10H,7-8H2,1-2H3,(H,17,19)(H,20,21). The number of amides is 1. The molecule has 1 heterocycles. The van der Waals surface area contributed by atoms with Crippen LogP contribution in [0.15, 0.2) is 29.6 Å². The van der Waals surface area contributed by atoms with Gasteiger partial charge in [0, 0.05) is 18.3 Å². The number of nitrogens with one attached hydrogen (secondary N) is 1. The van der Waals surface area contributed by atoms with Gasteiger partial charge >= 0.3 is 5.97 Å². The fraction of sp³-hybridized carbons (Fsp3) is 0.312. The van der Waals surface area contributed by atoms with Gasteiger partial charge in [0.25, 0.3) is 5.91 Å². The SMILES string of the molecule is CC(C)Oc1ccccc1C(=O)NCCc1nc(C(=O)O)cs1. The number of carbonyl (C=O) groups is 2. The lowest BCUT2D eigenvalue weighted by Crippen LogP contribution is -2.26. The molecule has 0 saturated carbocycles. The zero-order valence-corrected chi connectivity index (χ0v) is 13.7. The van der Waals surface area contributed by atoms with Gasteiger partial charge in [0.1, 0.15) is 5.75 Å². The van der Waals surface area contributed by atoms with E-state index in [4.69, 9.17) is 9.84 Å². The first-order chi connectivity index (χ1) is 11.0.